The summed E-state index contributed by atoms with van der Waals surface area (Å²) in [6.07, 6.45) is 1.63. The number of nitrogens with two attached hydrogens (primary N) is 1. The molecule has 2 heterocycles. The van der Waals surface area contributed by atoms with Gasteiger partial charge in [-0.25, -0.2) is 4.68 Å². The van der Waals surface area contributed by atoms with Gasteiger partial charge in [0.2, 0.25) is 5.16 Å². The van der Waals surface area contributed by atoms with Crippen LogP contribution in [0.15, 0.2) is 76.5 Å². The number of benzene rings is 2. The first-order chi connectivity index (χ1) is 12.7. The van der Waals surface area contributed by atoms with Crippen LogP contribution in [0.4, 0.5) is 0 Å². The lowest BCUT2D eigenvalue weighted by Gasteiger charge is -2.05. The molecule has 4 aromatic rings. The third-order valence-electron chi connectivity index (χ3n) is 4.19. The van der Waals surface area contributed by atoms with Gasteiger partial charge in [0.25, 0.3) is 0 Å². The van der Waals surface area contributed by atoms with Crippen LogP contribution >= 0.6 is 11.8 Å². The number of nitrogens with zero attached hydrogens (tertiary/aromatic N) is 3. The number of hydrogen-bond acceptors (Lipinski definition) is 5. The first-order valence-electron chi connectivity index (χ1n) is 8.24. The molecule has 0 aliphatic rings. The Morgan fingerprint density at radius 2 is 1.69 bits per heavy atom. The Bertz CT molecular complexity index is 1010. The Hall–Kier alpha value is -2.99. The van der Waals surface area contributed by atoms with Crippen LogP contribution in [0, 0.1) is 6.92 Å². The average molecular weight is 362 g/mol. The second-order valence-electron chi connectivity index (χ2n) is 5.92. The fraction of sp³-hybridized carbons (Fsp3) is 0.100. The summed E-state index contributed by atoms with van der Waals surface area (Å²) in [5, 5.41) is 9.07. The summed E-state index contributed by atoms with van der Waals surface area (Å²) in [4.78, 5) is 0. The lowest BCUT2D eigenvalue weighted by molar-refractivity contribution is 0.535. The highest BCUT2D eigenvalue weighted by Crippen LogP contribution is 2.27. The lowest BCUT2D eigenvalue weighted by Crippen LogP contribution is -2.11. The van der Waals surface area contributed by atoms with Crippen LogP contribution in [0.3, 0.4) is 0 Å². The zero-order valence-corrected chi connectivity index (χ0v) is 15.1. The van der Waals surface area contributed by atoms with E-state index in [0.717, 1.165) is 17.1 Å². The quantitative estimate of drug-likeness (QED) is 0.417. The van der Waals surface area contributed by atoms with Crippen molar-refractivity contribution in [1.29, 1.82) is 0 Å². The number of rotatable bonds is 5. The van der Waals surface area contributed by atoms with Crippen LogP contribution < -0.4 is 5.84 Å². The largest absolute Gasteiger partial charge is 0.469 e. The van der Waals surface area contributed by atoms with E-state index < -0.39 is 0 Å². The summed E-state index contributed by atoms with van der Waals surface area (Å²) in [6.45, 7) is 1.88. The van der Waals surface area contributed by atoms with Gasteiger partial charge in [-0.05, 0) is 29.7 Å². The molecular weight excluding hydrogens is 344 g/mol. The van der Waals surface area contributed by atoms with Gasteiger partial charge in [-0.3, -0.25) is 0 Å². The van der Waals surface area contributed by atoms with Crippen molar-refractivity contribution in [2.45, 2.75) is 17.8 Å². The van der Waals surface area contributed by atoms with E-state index in [2.05, 4.69) is 46.6 Å². The zero-order valence-electron chi connectivity index (χ0n) is 14.3. The summed E-state index contributed by atoms with van der Waals surface area (Å²) < 4.78 is 6.83. The predicted molar refractivity (Wildman–Crippen MR) is 104 cm³/mol. The standard InChI is InChI=1S/C20H18N4OS/c1-14-18(11-12-25-14)19-22-23-20(24(19)21)26-13-15-7-9-17(10-8-15)16-5-3-2-4-6-16/h2-12H,13,21H2,1H3. The molecule has 0 saturated carbocycles. The number of furan rings is 1. The molecule has 0 unspecified atom stereocenters. The smallest absolute Gasteiger partial charge is 0.210 e. The van der Waals surface area contributed by atoms with Gasteiger partial charge in [-0.15, -0.1) is 10.2 Å². The molecule has 0 fully saturated rings. The third-order valence-corrected chi connectivity index (χ3v) is 5.21. The molecule has 4 rings (SSSR count). The number of aromatic nitrogens is 3. The third kappa shape index (κ3) is 3.23. The molecule has 0 bridgehead atoms. The molecular formula is C20H18N4OS. The molecule has 5 nitrogen and oxygen atoms in total. The van der Waals surface area contributed by atoms with Crippen LogP contribution in [0.1, 0.15) is 11.3 Å². The highest BCUT2D eigenvalue weighted by Gasteiger charge is 2.15. The summed E-state index contributed by atoms with van der Waals surface area (Å²) in [5.74, 6) is 8.31. The number of hydrogen-bond donors (Lipinski definition) is 1. The van der Waals surface area contributed by atoms with E-state index in [0.29, 0.717) is 11.0 Å². The van der Waals surface area contributed by atoms with Crippen molar-refractivity contribution in [2.75, 3.05) is 5.84 Å². The number of thioether (sulfide) groups is 1. The van der Waals surface area contributed by atoms with Crippen molar-refractivity contribution >= 4 is 11.8 Å². The summed E-state index contributed by atoms with van der Waals surface area (Å²) in [6, 6.07) is 20.7. The fourth-order valence-electron chi connectivity index (χ4n) is 2.75. The van der Waals surface area contributed by atoms with E-state index in [1.54, 1.807) is 18.0 Å². The van der Waals surface area contributed by atoms with Gasteiger partial charge in [0, 0.05) is 5.75 Å². The summed E-state index contributed by atoms with van der Waals surface area (Å²) >= 11 is 1.56. The molecule has 0 spiro atoms. The minimum absolute atomic E-state index is 0.609. The number of aryl methyl sites for hydroxylation is 1. The van der Waals surface area contributed by atoms with Gasteiger partial charge in [-0.2, -0.15) is 0 Å². The molecule has 0 aliphatic heterocycles. The Morgan fingerprint density at radius 1 is 0.962 bits per heavy atom. The van der Waals surface area contributed by atoms with Crippen molar-refractivity contribution < 1.29 is 4.42 Å². The van der Waals surface area contributed by atoms with Gasteiger partial charge >= 0.3 is 0 Å². The van der Waals surface area contributed by atoms with Crippen LogP contribution in [-0.2, 0) is 5.75 Å². The minimum atomic E-state index is 0.609. The van der Waals surface area contributed by atoms with Crippen LogP contribution in [-0.4, -0.2) is 14.9 Å². The Kier molecular flexibility index (Phi) is 4.50. The van der Waals surface area contributed by atoms with Crippen molar-refractivity contribution in [3.05, 3.63) is 78.3 Å². The molecule has 130 valence electrons. The van der Waals surface area contributed by atoms with Crippen LogP contribution in [0.2, 0.25) is 0 Å². The number of nitrogen functional groups attached to an aromatic ring is 1. The fourth-order valence-corrected chi connectivity index (χ4v) is 3.56. The van der Waals surface area contributed by atoms with Gasteiger partial charge in [-0.1, -0.05) is 66.4 Å². The van der Waals surface area contributed by atoms with E-state index in [1.807, 2.05) is 31.2 Å². The Labute approximate surface area is 155 Å². The first-order valence-corrected chi connectivity index (χ1v) is 9.23. The zero-order chi connectivity index (χ0) is 17.9. The van der Waals surface area contributed by atoms with E-state index in [1.165, 1.54) is 21.4 Å². The average Bonchev–Trinajstić information content (AvgIpc) is 3.26. The molecule has 2 N–H and O–H groups in total. The maximum atomic E-state index is 6.16. The SMILES string of the molecule is Cc1occc1-c1nnc(SCc2ccc(-c3ccccc3)cc2)n1N. The topological polar surface area (TPSA) is 69.9 Å². The highest BCUT2D eigenvalue weighted by molar-refractivity contribution is 7.98. The Balaban J connectivity index is 1.46. The van der Waals surface area contributed by atoms with Gasteiger partial charge in [0.15, 0.2) is 5.82 Å². The molecule has 0 saturated heterocycles. The maximum absolute atomic E-state index is 6.16. The molecule has 2 aromatic heterocycles. The van der Waals surface area contributed by atoms with E-state index in [-0.39, 0.29) is 0 Å². The Morgan fingerprint density at radius 3 is 2.38 bits per heavy atom. The van der Waals surface area contributed by atoms with Crippen LogP contribution in [0.25, 0.3) is 22.5 Å². The van der Waals surface area contributed by atoms with Crippen LogP contribution in [0.5, 0.6) is 0 Å². The van der Waals surface area contributed by atoms with Crippen molar-refractivity contribution in [1.82, 2.24) is 14.9 Å². The molecule has 0 aliphatic carbocycles. The van der Waals surface area contributed by atoms with E-state index >= 15 is 0 Å². The maximum Gasteiger partial charge on any atom is 0.210 e. The predicted octanol–water partition coefficient (Wildman–Crippen LogP) is 4.52. The van der Waals surface area contributed by atoms with Crippen molar-refractivity contribution in [3.63, 3.8) is 0 Å². The molecule has 6 heteroatoms. The molecule has 0 radical (unpaired) electrons. The first kappa shape index (κ1) is 16.5. The minimum Gasteiger partial charge on any atom is -0.469 e. The van der Waals surface area contributed by atoms with Crippen molar-refractivity contribution in [3.8, 4) is 22.5 Å². The molecule has 0 atom stereocenters. The normalized spacial score (nSPS) is 11.0. The second-order valence-corrected chi connectivity index (χ2v) is 6.86. The highest BCUT2D eigenvalue weighted by atomic mass is 32.2. The molecule has 26 heavy (non-hydrogen) atoms. The van der Waals surface area contributed by atoms with Crippen molar-refractivity contribution in [2.24, 2.45) is 0 Å². The molecule has 0 amide bonds. The van der Waals surface area contributed by atoms with Gasteiger partial charge in [0.05, 0.1) is 11.8 Å². The van der Waals surface area contributed by atoms with E-state index in [9.17, 15) is 0 Å². The van der Waals surface area contributed by atoms with E-state index in [4.69, 9.17) is 10.3 Å². The van der Waals surface area contributed by atoms with Gasteiger partial charge < -0.3 is 10.3 Å². The second kappa shape index (κ2) is 7.09. The molecule has 2 aromatic carbocycles. The summed E-state index contributed by atoms with van der Waals surface area (Å²) in [5.41, 5.74) is 4.49. The summed E-state index contributed by atoms with van der Waals surface area (Å²) in [7, 11) is 0. The van der Waals surface area contributed by atoms with Gasteiger partial charge in [0.1, 0.15) is 5.76 Å². The lowest BCUT2D eigenvalue weighted by atomic mass is 10.0. The monoisotopic (exact) mass is 362 g/mol.